The van der Waals surface area contributed by atoms with Gasteiger partial charge >= 0.3 is 0 Å². The van der Waals surface area contributed by atoms with Crippen LogP contribution in [-0.2, 0) is 9.59 Å². The lowest BCUT2D eigenvalue weighted by Gasteiger charge is -2.27. The maximum absolute atomic E-state index is 11.5. The average molecular weight is 215 g/mol. The normalized spacial score (nSPS) is 13.3. The Morgan fingerprint density at radius 3 is 2.33 bits per heavy atom. The minimum absolute atomic E-state index is 0.117. The average Bonchev–Trinajstić information content (AvgIpc) is 2.01. The molecule has 0 aromatic heterocycles. The lowest BCUT2D eigenvalue weighted by molar-refractivity contribution is -0.127. The molecule has 0 saturated heterocycles. The number of nitrogens with one attached hydrogen (secondary N) is 1. The van der Waals surface area contributed by atoms with Gasteiger partial charge in [0.15, 0.2) is 0 Å². The van der Waals surface area contributed by atoms with Crippen LogP contribution in [-0.4, -0.2) is 23.4 Å². The molecule has 5 N–H and O–H groups in total. The minimum Gasteiger partial charge on any atom is -0.370 e. The number of carbonyl (C=O) groups excluding carboxylic acids is 2. The summed E-state index contributed by atoms with van der Waals surface area (Å²) in [4.78, 5) is 22.1. The Morgan fingerprint density at radius 1 is 1.40 bits per heavy atom. The van der Waals surface area contributed by atoms with Crippen LogP contribution < -0.4 is 16.8 Å². The van der Waals surface area contributed by atoms with Gasteiger partial charge in [0.2, 0.25) is 11.8 Å². The zero-order valence-electron chi connectivity index (χ0n) is 9.67. The summed E-state index contributed by atoms with van der Waals surface area (Å²) < 4.78 is 0. The monoisotopic (exact) mass is 215 g/mol. The van der Waals surface area contributed by atoms with Gasteiger partial charge in [-0.3, -0.25) is 9.59 Å². The van der Waals surface area contributed by atoms with E-state index in [1.165, 1.54) is 0 Å². The molecule has 1 atom stereocenters. The number of rotatable bonds is 6. The summed E-state index contributed by atoms with van der Waals surface area (Å²) in [7, 11) is 0. The Kier molecular flexibility index (Phi) is 5.28. The second kappa shape index (κ2) is 5.70. The first kappa shape index (κ1) is 13.9. The van der Waals surface area contributed by atoms with Crippen molar-refractivity contribution in [3.05, 3.63) is 0 Å². The molecular weight excluding hydrogens is 194 g/mol. The Balaban J connectivity index is 4.17. The van der Waals surface area contributed by atoms with Crippen molar-refractivity contribution in [3.8, 4) is 0 Å². The zero-order valence-corrected chi connectivity index (χ0v) is 9.67. The highest BCUT2D eigenvalue weighted by molar-refractivity contribution is 5.87. The molecule has 15 heavy (non-hydrogen) atoms. The van der Waals surface area contributed by atoms with E-state index in [-0.39, 0.29) is 17.9 Å². The van der Waals surface area contributed by atoms with Gasteiger partial charge in [-0.2, -0.15) is 0 Å². The summed E-state index contributed by atoms with van der Waals surface area (Å²) in [5.74, 6) is -0.891. The molecule has 0 aliphatic heterocycles. The molecule has 0 unspecified atom stereocenters. The third kappa shape index (κ3) is 6.06. The smallest absolute Gasteiger partial charge is 0.237 e. The molecule has 5 nitrogen and oxygen atoms in total. The number of hydrogen-bond donors (Lipinski definition) is 3. The first-order chi connectivity index (χ1) is 6.78. The third-order valence-corrected chi connectivity index (χ3v) is 2.09. The molecule has 0 aromatic carbocycles. The molecule has 0 radical (unpaired) electrons. The number of hydrogen-bond acceptors (Lipinski definition) is 3. The molecule has 0 aromatic rings. The van der Waals surface area contributed by atoms with E-state index >= 15 is 0 Å². The molecule has 0 bridgehead atoms. The van der Waals surface area contributed by atoms with Crippen LogP contribution in [0.3, 0.4) is 0 Å². The second-order valence-corrected chi connectivity index (χ2v) is 4.40. The molecule has 5 heteroatoms. The predicted octanol–water partition coefficient (Wildman–Crippen LogP) is -0.116. The molecule has 0 fully saturated rings. The van der Waals surface area contributed by atoms with Crippen LogP contribution >= 0.6 is 0 Å². The van der Waals surface area contributed by atoms with E-state index < -0.39 is 11.9 Å². The van der Waals surface area contributed by atoms with Gasteiger partial charge in [0.1, 0.15) is 0 Å². The SMILES string of the molecule is CCCC(C)(C)NC(=O)[C@@H](N)CC(N)=O. The second-order valence-electron chi connectivity index (χ2n) is 4.40. The van der Waals surface area contributed by atoms with Crippen molar-refractivity contribution in [3.63, 3.8) is 0 Å². The van der Waals surface area contributed by atoms with Crippen molar-refractivity contribution in [1.82, 2.24) is 5.32 Å². The van der Waals surface area contributed by atoms with Crippen LogP contribution in [0.2, 0.25) is 0 Å². The summed E-state index contributed by atoms with van der Waals surface area (Å²) in [5, 5.41) is 2.79. The standard InChI is InChI=1S/C10H21N3O2/c1-4-5-10(2,3)13-9(15)7(11)6-8(12)14/h7H,4-6,11H2,1-3H3,(H2,12,14)(H,13,15)/t7-/m0/s1. The highest BCUT2D eigenvalue weighted by Crippen LogP contribution is 2.10. The molecule has 0 rings (SSSR count). The first-order valence-corrected chi connectivity index (χ1v) is 5.14. The fraction of sp³-hybridized carbons (Fsp3) is 0.800. The summed E-state index contributed by atoms with van der Waals surface area (Å²) in [6.07, 6.45) is 1.72. The van der Waals surface area contributed by atoms with Crippen molar-refractivity contribution >= 4 is 11.8 Å². The summed E-state index contributed by atoms with van der Waals surface area (Å²) in [6, 6.07) is -0.848. The molecule has 88 valence electrons. The van der Waals surface area contributed by atoms with Gasteiger partial charge in [-0.05, 0) is 20.3 Å². The van der Waals surface area contributed by atoms with Gasteiger partial charge in [-0.15, -0.1) is 0 Å². The van der Waals surface area contributed by atoms with Crippen molar-refractivity contribution in [1.29, 1.82) is 0 Å². The van der Waals surface area contributed by atoms with Crippen LogP contribution in [0.15, 0.2) is 0 Å². The predicted molar refractivity (Wildman–Crippen MR) is 58.9 cm³/mol. The van der Waals surface area contributed by atoms with Crippen LogP contribution in [0.5, 0.6) is 0 Å². The Labute approximate surface area is 90.6 Å². The van der Waals surface area contributed by atoms with E-state index in [4.69, 9.17) is 11.5 Å². The van der Waals surface area contributed by atoms with E-state index in [0.29, 0.717) is 0 Å². The molecule has 0 saturated carbocycles. The summed E-state index contributed by atoms with van der Waals surface area (Å²) in [5.41, 5.74) is 10.2. The van der Waals surface area contributed by atoms with E-state index in [2.05, 4.69) is 5.32 Å². The molecular formula is C10H21N3O2. The third-order valence-electron chi connectivity index (χ3n) is 2.09. The summed E-state index contributed by atoms with van der Waals surface area (Å²) >= 11 is 0. The quantitative estimate of drug-likeness (QED) is 0.576. The van der Waals surface area contributed by atoms with Crippen LogP contribution in [0.4, 0.5) is 0 Å². The lowest BCUT2D eigenvalue weighted by atomic mass is 9.98. The van der Waals surface area contributed by atoms with Gasteiger partial charge in [0, 0.05) is 5.54 Å². The van der Waals surface area contributed by atoms with Crippen molar-refractivity contribution in [2.45, 2.75) is 51.6 Å². The lowest BCUT2D eigenvalue weighted by Crippen LogP contribution is -2.51. The van der Waals surface area contributed by atoms with E-state index in [0.717, 1.165) is 12.8 Å². The molecule has 0 aliphatic carbocycles. The molecule has 2 amide bonds. The van der Waals surface area contributed by atoms with Gasteiger partial charge in [-0.25, -0.2) is 0 Å². The molecule has 0 aliphatic rings. The van der Waals surface area contributed by atoms with Crippen molar-refractivity contribution in [2.24, 2.45) is 11.5 Å². The number of amides is 2. The highest BCUT2D eigenvalue weighted by Gasteiger charge is 2.23. The van der Waals surface area contributed by atoms with E-state index in [1.54, 1.807) is 0 Å². The van der Waals surface area contributed by atoms with Gasteiger partial charge in [0.25, 0.3) is 0 Å². The topological polar surface area (TPSA) is 98.2 Å². The van der Waals surface area contributed by atoms with Gasteiger partial charge < -0.3 is 16.8 Å². The molecule has 0 heterocycles. The fourth-order valence-corrected chi connectivity index (χ4v) is 1.42. The Morgan fingerprint density at radius 2 is 1.93 bits per heavy atom. The first-order valence-electron chi connectivity index (χ1n) is 5.14. The van der Waals surface area contributed by atoms with Crippen molar-refractivity contribution < 1.29 is 9.59 Å². The maximum atomic E-state index is 11.5. The van der Waals surface area contributed by atoms with Crippen LogP contribution in [0.25, 0.3) is 0 Å². The zero-order chi connectivity index (χ0) is 12.1. The van der Waals surface area contributed by atoms with E-state index in [1.807, 2.05) is 20.8 Å². The Hall–Kier alpha value is -1.10. The number of carbonyl (C=O) groups is 2. The van der Waals surface area contributed by atoms with Crippen molar-refractivity contribution in [2.75, 3.05) is 0 Å². The summed E-state index contributed by atoms with van der Waals surface area (Å²) in [6.45, 7) is 5.88. The van der Waals surface area contributed by atoms with Crippen LogP contribution in [0, 0.1) is 0 Å². The molecule has 0 spiro atoms. The minimum atomic E-state index is -0.848. The largest absolute Gasteiger partial charge is 0.370 e. The number of nitrogens with two attached hydrogens (primary N) is 2. The number of primary amides is 1. The fourth-order valence-electron chi connectivity index (χ4n) is 1.42. The Bertz CT molecular complexity index is 239. The highest BCUT2D eigenvalue weighted by atomic mass is 16.2. The van der Waals surface area contributed by atoms with Gasteiger partial charge in [0.05, 0.1) is 12.5 Å². The van der Waals surface area contributed by atoms with E-state index in [9.17, 15) is 9.59 Å². The maximum Gasteiger partial charge on any atom is 0.237 e. The van der Waals surface area contributed by atoms with Crippen LogP contribution in [0.1, 0.15) is 40.0 Å². The van der Waals surface area contributed by atoms with Gasteiger partial charge in [-0.1, -0.05) is 13.3 Å².